The lowest BCUT2D eigenvalue weighted by Crippen LogP contribution is -2.64. The molecule has 36 heavy (non-hydrogen) atoms. The second kappa shape index (κ2) is 8.96. The maximum absolute atomic E-state index is 13.8. The molecule has 2 fully saturated rings. The quantitative estimate of drug-likeness (QED) is 0.454. The van der Waals surface area contributed by atoms with Gasteiger partial charge >= 0.3 is 0 Å². The van der Waals surface area contributed by atoms with Crippen LogP contribution in [0.15, 0.2) is 60.0 Å². The Labute approximate surface area is 215 Å². The van der Waals surface area contributed by atoms with Crippen LogP contribution in [0.2, 0.25) is 0 Å². The lowest BCUT2D eigenvalue weighted by atomic mass is 9.62. The van der Waals surface area contributed by atoms with Crippen molar-refractivity contribution in [3.8, 4) is 11.3 Å². The summed E-state index contributed by atoms with van der Waals surface area (Å²) in [6.45, 7) is 7.99. The van der Waals surface area contributed by atoms with E-state index in [2.05, 4.69) is 10.3 Å². The molecule has 1 aromatic heterocycles. The van der Waals surface area contributed by atoms with Gasteiger partial charge in [-0.2, -0.15) is 0 Å². The summed E-state index contributed by atoms with van der Waals surface area (Å²) in [5, 5.41) is 5.25. The molecule has 3 amide bonds. The second-order valence-corrected chi connectivity index (χ2v) is 11.6. The van der Waals surface area contributed by atoms with Crippen LogP contribution < -0.4 is 5.32 Å². The van der Waals surface area contributed by atoms with Gasteiger partial charge in [-0.1, -0.05) is 80.9 Å². The molecule has 3 atom stereocenters. The zero-order chi connectivity index (χ0) is 25.7. The standard InChI is InChI=1S/C29H31N3O3S/c1-18-10-12-20(13-11-18)22-17-36-27(30-22)31-24(33)23(16-19-8-6-5-7-9-19)32-25(34)21-14-15-29(4,26(32)35)28(21,2)3/h5-13,17,21,23H,14-16H2,1-4H3,(H,30,31,33). The Morgan fingerprint density at radius 2 is 1.81 bits per heavy atom. The summed E-state index contributed by atoms with van der Waals surface area (Å²) >= 11 is 1.33. The third-order valence-corrected chi connectivity index (χ3v) is 9.18. The number of aryl methyl sites for hydroxylation is 1. The highest BCUT2D eigenvalue weighted by Crippen LogP contribution is 2.60. The van der Waals surface area contributed by atoms with Gasteiger partial charge in [-0.15, -0.1) is 11.3 Å². The number of benzene rings is 2. The van der Waals surface area contributed by atoms with Crippen molar-refractivity contribution < 1.29 is 14.4 Å². The van der Waals surface area contributed by atoms with E-state index >= 15 is 0 Å². The molecule has 6 nitrogen and oxygen atoms in total. The number of aromatic nitrogens is 1. The van der Waals surface area contributed by atoms with Crippen molar-refractivity contribution in [2.24, 2.45) is 16.7 Å². The highest BCUT2D eigenvalue weighted by Gasteiger charge is 2.65. The maximum Gasteiger partial charge on any atom is 0.249 e. The lowest BCUT2D eigenvalue weighted by molar-refractivity contribution is -0.172. The van der Waals surface area contributed by atoms with Gasteiger partial charge in [0.15, 0.2) is 5.13 Å². The van der Waals surface area contributed by atoms with E-state index in [1.807, 2.05) is 87.7 Å². The fourth-order valence-corrected chi connectivity index (χ4v) is 6.38. The van der Waals surface area contributed by atoms with Gasteiger partial charge in [0, 0.05) is 23.3 Å². The average molecular weight is 502 g/mol. The van der Waals surface area contributed by atoms with Crippen LogP contribution in [0.1, 0.15) is 44.7 Å². The van der Waals surface area contributed by atoms with Crippen LogP contribution in [0.5, 0.6) is 0 Å². The van der Waals surface area contributed by atoms with Crippen LogP contribution in [-0.4, -0.2) is 33.6 Å². The highest BCUT2D eigenvalue weighted by molar-refractivity contribution is 7.14. The molecular weight excluding hydrogens is 470 g/mol. The molecule has 3 unspecified atom stereocenters. The number of carbonyl (C=O) groups excluding carboxylic acids is 3. The topological polar surface area (TPSA) is 79.4 Å². The molecule has 3 aromatic rings. The third kappa shape index (κ3) is 3.95. The molecular formula is C29H31N3O3S. The van der Waals surface area contributed by atoms with Gasteiger partial charge in [-0.3, -0.25) is 19.3 Å². The molecule has 1 aliphatic carbocycles. The van der Waals surface area contributed by atoms with Crippen LogP contribution >= 0.6 is 11.3 Å². The smallest absolute Gasteiger partial charge is 0.249 e. The number of anilines is 1. The lowest BCUT2D eigenvalue weighted by Gasteiger charge is -2.49. The molecule has 0 radical (unpaired) electrons. The highest BCUT2D eigenvalue weighted by atomic mass is 32.1. The third-order valence-electron chi connectivity index (χ3n) is 8.42. The van der Waals surface area contributed by atoms with Crippen LogP contribution in [0.25, 0.3) is 11.3 Å². The summed E-state index contributed by atoms with van der Waals surface area (Å²) < 4.78 is 0. The minimum Gasteiger partial charge on any atom is -0.300 e. The van der Waals surface area contributed by atoms with E-state index in [-0.39, 0.29) is 24.2 Å². The van der Waals surface area contributed by atoms with E-state index in [1.54, 1.807) is 0 Å². The molecule has 2 bridgehead atoms. The van der Waals surface area contributed by atoms with Crippen molar-refractivity contribution in [2.45, 2.75) is 53.0 Å². The molecule has 0 spiro atoms. The number of likely N-dealkylation sites (tertiary alicyclic amines) is 1. The molecule has 1 saturated carbocycles. The van der Waals surface area contributed by atoms with E-state index in [9.17, 15) is 14.4 Å². The number of amides is 3. The van der Waals surface area contributed by atoms with E-state index in [0.29, 0.717) is 18.0 Å². The number of rotatable bonds is 6. The number of hydrogen-bond donors (Lipinski definition) is 1. The first kappa shape index (κ1) is 24.4. The molecule has 1 N–H and O–H groups in total. The Morgan fingerprint density at radius 3 is 2.50 bits per heavy atom. The van der Waals surface area contributed by atoms with E-state index in [4.69, 9.17) is 0 Å². The maximum atomic E-state index is 13.8. The first-order valence-corrected chi connectivity index (χ1v) is 13.2. The largest absolute Gasteiger partial charge is 0.300 e. The van der Waals surface area contributed by atoms with Crippen molar-refractivity contribution in [1.29, 1.82) is 0 Å². The van der Waals surface area contributed by atoms with Crippen molar-refractivity contribution >= 4 is 34.2 Å². The molecule has 2 aliphatic rings. The van der Waals surface area contributed by atoms with Crippen molar-refractivity contribution in [3.63, 3.8) is 0 Å². The van der Waals surface area contributed by atoms with Crippen molar-refractivity contribution in [1.82, 2.24) is 9.88 Å². The number of imide groups is 1. The minimum atomic E-state index is -0.949. The van der Waals surface area contributed by atoms with Gasteiger partial charge in [0.1, 0.15) is 6.04 Å². The summed E-state index contributed by atoms with van der Waals surface area (Å²) in [5.41, 5.74) is 2.66. The Kier molecular flexibility index (Phi) is 6.07. The summed E-state index contributed by atoms with van der Waals surface area (Å²) in [7, 11) is 0. The van der Waals surface area contributed by atoms with Gasteiger partial charge in [-0.25, -0.2) is 4.98 Å². The Bertz CT molecular complexity index is 1320. The molecule has 186 valence electrons. The predicted octanol–water partition coefficient (Wildman–Crippen LogP) is 5.48. The zero-order valence-electron chi connectivity index (χ0n) is 21.1. The summed E-state index contributed by atoms with van der Waals surface area (Å²) in [4.78, 5) is 47.1. The van der Waals surface area contributed by atoms with Gasteiger partial charge in [0.2, 0.25) is 17.7 Å². The van der Waals surface area contributed by atoms with Gasteiger partial charge in [-0.05, 0) is 30.7 Å². The molecule has 2 aromatic carbocycles. The van der Waals surface area contributed by atoms with E-state index < -0.39 is 22.8 Å². The number of piperidine rings is 1. The first-order chi connectivity index (χ1) is 17.1. The van der Waals surface area contributed by atoms with Gasteiger partial charge in [0.05, 0.1) is 11.1 Å². The van der Waals surface area contributed by atoms with Crippen molar-refractivity contribution in [3.05, 3.63) is 71.1 Å². The fraction of sp³-hybridized carbons (Fsp3) is 0.379. The number of carbonyl (C=O) groups is 3. The number of fused-ring (bicyclic) bond motifs is 2. The van der Waals surface area contributed by atoms with Crippen LogP contribution in [-0.2, 0) is 20.8 Å². The molecule has 2 heterocycles. The Morgan fingerprint density at radius 1 is 1.11 bits per heavy atom. The van der Waals surface area contributed by atoms with Crippen LogP contribution in [0.3, 0.4) is 0 Å². The molecule has 5 rings (SSSR count). The second-order valence-electron chi connectivity index (χ2n) is 10.8. The number of thiazole rings is 1. The number of nitrogens with zero attached hydrogens (tertiary/aromatic N) is 2. The molecule has 7 heteroatoms. The normalized spacial score (nSPS) is 23.6. The Hall–Kier alpha value is -3.32. The van der Waals surface area contributed by atoms with E-state index in [1.165, 1.54) is 16.2 Å². The predicted molar refractivity (Wildman–Crippen MR) is 141 cm³/mol. The monoisotopic (exact) mass is 501 g/mol. The Balaban J connectivity index is 1.45. The van der Waals surface area contributed by atoms with Gasteiger partial charge in [0.25, 0.3) is 0 Å². The van der Waals surface area contributed by atoms with Crippen LogP contribution in [0.4, 0.5) is 5.13 Å². The van der Waals surface area contributed by atoms with E-state index in [0.717, 1.165) is 22.4 Å². The molecule has 1 aliphatic heterocycles. The fourth-order valence-electron chi connectivity index (χ4n) is 5.66. The zero-order valence-corrected chi connectivity index (χ0v) is 21.9. The SMILES string of the molecule is Cc1ccc(-c2csc(NC(=O)C(Cc3ccccc3)N3C(=O)C4CCC(C)(C3=O)C4(C)C)n2)cc1. The minimum absolute atomic E-state index is 0.240. The van der Waals surface area contributed by atoms with Gasteiger partial charge < -0.3 is 5.32 Å². The van der Waals surface area contributed by atoms with Crippen LogP contribution in [0, 0.1) is 23.7 Å². The van der Waals surface area contributed by atoms with Crippen molar-refractivity contribution in [2.75, 3.05) is 5.32 Å². The number of nitrogens with one attached hydrogen (secondary N) is 1. The molecule has 1 saturated heterocycles. The summed E-state index contributed by atoms with van der Waals surface area (Å²) in [6.07, 6.45) is 1.57. The summed E-state index contributed by atoms with van der Waals surface area (Å²) in [5.74, 6) is -1.16. The summed E-state index contributed by atoms with van der Waals surface area (Å²) in [6, 6.07) is 16.6. The average Bonchev–Trinajstić information content (AvgIpc) is 3.38. The number of hydrogen-bond acceptors (Lipinski definition) is 5. The first-order valence-electron chi connectivity index (χ1n) is 12.4.